The highest BCUT2D eigenvalue weighted by atomic mass is 28.4. The smallest absolute Gasteiger partial charge is 0.306 e. The van der Waals surface area contributed by atoms with Crippen LogP contribution in [-0.2, 0) is 23.4 Å². The lowest BCUT2D eigenvalue weighted by atomic mass is 9.60. The van der Waals surface area contributed by atoms with Crippen LogP contribution in [0, 0.1) is 17.3 Å². The Morgan fingerprint density at radius 3 is 1.86 bits per heavy atom. The highest BCUT2D eigenvalue weighted by Crippen LogP contribution is 2.62. The Bertz CT molecular complexity index is 1570. The fourth-order valence-corrected chi connectivity index (χ4v) is 13.9. The molecule has 0 N–H and O–H groups in total. The molecule has 2 saturated heterocycles. The van der Waals surface area contributed by atoms with Gasteiger partial charge in [-0.2, -0.15) is 0 Å². The highest BCUT2D eigenvalue weighted by Gasteiger charge is 2.62. The molecule has 4 aromatic carbocycles. The topological polar surface area (TPSA) is 54.0 Å². The first kappa shape index (κ1) is 33.9. The number of carbonyl (C=O) groups is 1. The predicted octanol–water partition coefficient (Wildman–Crippen LogP) is 7.88. The first-order chi connectivity index (χ1) is 23.8. The first-order valence-corrected chi connectivity index (χ1v) is 20.0. The molecule has 0 radical (unpaired) electrons. The van der Waals surface area contributed by atoms with Crippen LogP contribution in [0.2, 0.25) is 5.04 Å². The molecule has 4 aromatic rings. The molecule has 2 aliphatic heterocycles. The van der Waals surface area contributed by atoms with Crippen molar-refractivity contribution in [1.29, 1.82) is 0 Å². The second-order valence-corrected chi connectivity index (χ2v) is 19.6. The molecular weight excluding hydrogens is 625 g/mol. The minimum atomic E-state index is -2.84. The number of fused-ring (bicyclic) bond motifs is 1. The van der Waals surface area contributed by atoms with Crippen molar-refractivity contribution in [2.24, 2.45) is 17.3 Å². The normalized spacial score (nSPS) is 25.9. The Labute approximate surface area is 293 Å². The Morgan fingerprint density at radius 1 is 0.796 bits per heavy atom. The minimum absolute atomic E-state index is 0.00444. The summed E-state index contributed by atoms with van der Waals surface area (Å²) in [7, 11) is -2.84. The summed E-state index contributed by atoms with van der Waals surface area (Å²) in [6.45, 7) is 8.55. The number of cyclic esters (lactones) is 1. The predicted molar refractivity (Wildman–Crippen MR) is 196 cm³/mol. The van der Waals surface area contributed by atoms with Crippen molar-refractivity contribution in [3.05, 3.63) is 132 Å². The molecule has 6 heteroatoms. The van der Waals surface area contributed by atoms with Crippen molar-refractivity contribution in [3.8, 4) is 0 Å². The third-order valence-corrected chi connectivity index (χ3v) is 16.4. The van der Waals surface area contributed by atoms with E-state index in [1.165, 1.54) is 21.5 Å². The molecule has 5 atom stereocenters. The van der Waals surface area contributed by atoms with Crippen molar-refractivity contribution in [3.63, 3.8) is 0 Å². The molecule has 3 aliphatic rings. The van der Waals surface area contributed by atoms with E-state index in [1.54, 1.807) is 0 Å². The van der Waals surface area contributed by atoms with Crippen LogP contribution in [-0.4, -0.2) is 46.5 Å². The van der Waals surface area contributed by atoms with Gasteiger partial charge in [-0.15, -0.1) is 0 Å². The Balaban J connectivity index is 1.35. The maximum absolute atomic E-state index is 13.5. The second kappa shape index (κ2) is 14.4. The van der Waals surface area contributed by atoms with Crippen LogP contribution in [0.4, 0.5) is 0 Å². The van der Waals surface area contributed by atoms with E-state index in [0.717, 1.165) is 25.7 Å². The van der Waals surface area contributed by atoms with Gasteiger partial charge in [0.05, 0.1) is 19.1 Å². The number of carbonyl (C=O) groups excluding carboxylic acids is 1. The van der Waals surface area contributed by atoms with Crippen LogP contribution >= 0.6 is 0 Å². The van der Waals surface area contributed by atoms with E-state index in [2.05, 4.69) is 142 Å². The average molecular weight is 675 g/mol. The van der Waals surface area contributed by atoms with Crippen molar-refractivity contribution in [2.45, 2.75) is 76.2 Å². The van der Waals surface area contributed by atoms with E-state index in [4.69, 9.17) is 18.6 Å². The molecule has 1 unspecified atom stereocenters. The molecule has 0 bridgehead atoms. The molecule has 256 valence electrons. The third-order valence-electron chi connectivity index (χ3n) is 11.4. The number of hydrogen-bond acceptors (Lipinski definition) is 5. The van der Waals surface area contributed by atoms with Gasteiger partial charge in [-0.25, -0.2) is 0 Å². The number of benzene rings is 4. The molecule has 0 aromatic heterocycles. The molecular formula is C43H50O5Si. The van der Waals surface area contributed by atoms with E-state index >= 15 is 0 Å². The molecule has 3 fully saturated rings. The summed E-state index contributed by atoms with van der Waals surface area (Å²) in [5.74, 6) is -0.115. The van der Waals surface area contributed by atoms with Crippen LogP contribution in [0.1, 0.15) is 69.9 Å². The molecule has 2 heterocycles. The van der Waals surface area contributed by atoms with Gasteiger partial charge in [-0.1, -0.05) is 142 Å². The molecule has 1 saturated carbocycles. The molecule has 7 rings (SSSR count). The summed E-state index contributed by atoms with van der Waals surface area (Å²) in [6.07, 6.45) is 3.69. The lowest BCUT2D eigenvalue weighted by Gasteiger charge is -2.47. The quantitative estimate of drug-likeness (QED) is 0.127. The summed E-state index contributed by atoms with van der Waals surface area (Å²) in [4.78, 5) is 13.5. The van der Waals surface area contributed by atoms with E-state index < -0.39 is 13.7 Å². The maximum atomic E-state index is 13.5. The van der Waals surface area contributed by atoms with Crippen LogP contribution in [0.3, 0.4) is 0 Å². The molecule has 0 spiro atoms. The van der Waals surface area contributed by atoms with Gasteiger partial charge in [0.25, 0.3) is 8.32 Å². The summed E-state index contributed by atoms with van der Waals surface area (Å²) in [5.41, 5.74) is 2.01. The van der Waals surface area contributed by atoms with Crippen molar-refractivity contribution < 1.29 is 23.4 Å². The van der Waals surface area contributed by atoms with Crippen LogP contribution in [0.15, 0.2) is 121 Å². The van der Waals surface area contributed by atoms with Gasteiger partial charge in [0.2, 0.25) is 0 Å². The SMILES string of the molecule is CC(C)(C)[Si](OC[C@@H]1[C@H]2COC(=O)C[C@@]2(C(c2ccccc2)c2ccccc2)C[C@H]1OC1CCCCO1)(c1ccccc1)c1ccccc1. The summed E-state index contributed by atoms with van der Waals surface area (Å²) >= 11 is 0. The number of esters is 1. The maximum Gasteiger partial charge on any atom is 0.306 e. The van der Waals surface area contributed by atoms with Crippen LogP contribution in [0.5, 0.6) is 0 Å². The zero-order valence-corrected chi connectivity index (χ0v) is 30.1. The van der Waals surface area contributed by atoms with Gasteiger partial charge in [0.1, 0.15) is 0 Å². The fourth-order valence-electron chi connectivity index (χ4n) is 9.31. The van der Waals surface area contributed by atoms with Crippen molar-refractivity contribution in [2.75, 3.05) is 19.8 Å². The average Bonchev–Trinajstić information content (AvgIpc) is 3.42. The standard InChI is InChI=1S/C43H50O5Si/c1-42(2,3)49(34-22-12-6-13-23-34,35-24-14-7-15-25-35)47-30-36-37-31-46-39(44)29-43(37,28-38(36)48-40-26-16-17-27-45-40)41(32-18-8-4-9-19-32)33-20-10-5-11-21-33/h4-15,18-25,36-38,40-41H,16-17,26-31H2,1-3H3/t36-,37-,38-,40?,43+/m1/s1. The largest absolute Gasteiger partial charge is 0.465 e. The zero-order valence-electron chi connectivity index (χ0n) is 29.1. The highest BCUT2D eigenvalue weighted by molar-refractivity contribution is 6.99. The number of hydrogen-bond donors (Lipinski definition) is 0. The summed E-state index contributed by atoms with van der Waals surface area (Å²) in [5, 5.41) is 2.35. The van der Waals surface area contributed by atoms with Gasteiger partial charge < -0.3 is 18.6 Å². The number of ether oxygens (including phenoxy) is 3. The minimum Gasteiger partial charge on any atom is -0.465 e. The van der Waals surface area contributed by atoms with Crippen molar-refractivity contribution >= 4 is 24.7 Å². The van der Waals surface area contributed by atoms with Crippen LogP contribution in [0.25, 0.3) is 0 Å². The van der Waals surface area contributed by atoms with E-state index in [-0.39, 0.29) is 41.2 Å². The van der Waals surface area contributed by atoms with E-state index in [9.17, 15) is 4.79 Å². The molecule has 49 heavy (non-hydrogen) atoms. The van der Waals surface area contributed by atoms with Gasteiger partial charge in [-0.05, 0) is 52.2 Å². The summed E-state index contributed by atoms with van der Waals surface area (Å²) < 4.78 is 26.9. The Kier molecular flexibility index (Phi) is 9.94. The van der Waals surface area contributed by atoms with E-state index in [0.29, 0.717) is 26.2 Å². The van der Waals surface area contributed by atoms with Gasteiger partial charge in [-0.3, -0.25) is 4.79 Å². The Morgan fingerprint density at radius 2 is 1.35 bits per heavy atom. The van der Waals surface area contributed by atoms with Gasteiger partial charge >= 0.3 is 5.97 Å². The monoisotopic (exact) mass is 674 g/mol. The first-order valence-electron chi connectivity index (χ1n) is 18.1. The number of rotatable bonds is 10. The fraction of sp³-hybridized carbons (Fsp3) is 0.419. The summed E-state index contributed by atoms with van der Waals surface area (Å²) in [6, 6.07) is 43.1. The zero-order chi connectivity index (χ0) is 33.9. The van der Waals surface area contributed by atoms with Gasteiger partial charge in [0, 0.05) is 36.4 Å². The van der Waals surface area contributed by atoms with Crippen LogP contribution < -0.4 is 10.4 Å². The third kappa shape index (κ3) is 6.56. The Hall–Kier alpha value is -3.55. The lowest BCUT2D eigenvalue weighted by molar-refractivity contribution is -0.198. The van der Waals surface area contributed by atoms with Gasteiger partial charge in [0.15, 0.2) is 6.29 Å². The van der Waals surface area contributed by atoms with E-state index in [1.807, 2.05) is 0 Å². The van der Waals surface area contributed by atoms with Crippen molar-refractivity contribution in [1.82, 2.24) is 0 Å². The lowest BCUT2D eigenvalue weighted by Crippen LogP contribution is -2.67. The second-order valence-electron chi connectivity index (χ2n) is 15.3. The molecule has 5 nitrogen and oxygen atoms in total. The molecule has 0 amide bonds. The molecule has 1 aliphatic carbocycles.